The van der Waals surface area contributed by atoms with Gasteiger partial charge in [-0.25, -0.2) is 0 Å². The summed E-state index contributed by atoms with van der Waals surface area (Å²) in [7, 11) is 3.14. The number of allylic oxidation sites excluding steroid dienone is 1. The number of nitrogens with two attached hydrogens (primary N) is 1. The lowest BCUT2D eigenvalue weighted by molar-refractivity contribution is -0.114. The minimum Gasteiger partial charge on any atom is -0.493 e. The zero-order valence-electron chi connectivity index (χ0n) is 13.4. The zero-order chi connectivity index (χ0) is 17.4. The summed E-state index contributed by atoms with van der Waals surface area (Å²) in [6.07, 6.45) is 5.48. The number of hydrogen-bond donors (Lipinski definition) is 1. The Bertz CT molecular complexity index is 691. The lowest BCUT2D eigenvalue weighted by Crippen LogP contribution is -2.13. The number of nitrogens with zero attached hydrogens (tertiary/aromatic N) is 1. The van der Waals surface area contributed by atoms with Crippen molar-refractivity contribution in [3.8, 4) is 17.6 Å². The molecule has 1 rings (SSSR count). The van der Waals surface area contributed by atoms with E-state index in [9.17, 15) is 4.79 Å². The maximum atomic E-state index is 11.4. The monoisotopic (exact) mass is 350 g/mol. The number of ether oxygens (including phenoxy) is 2. The summed E-state index contributed by atoms with van der Waals surface area (Å²) in [6.45, 7) is 0. The number of methoxy groups -OCH3 is 2. The van der Waals surface area contributed by atoms with E-state index in [0.29, 0.717) is 16.4 Å². The molecule has 0 unspecified atom stereocenters. The van der Waals surface area contributed by atoms with E-state index in [0.717, 1.165) is 10.5 Å². The molecule has 1 aromatic rings. The Morgan fingerprint density at radius 3 is 2.30 bits per heavy atom. The number of hydrogen-bond acceptors (Lipinski definition) is 6. The van der Waals surface area contributed by atoms with Gasteiger partial charge in [0, 0.05) is 9.81 Å². The molecule has 1 aromatic carbocycles. The number of carbonyl (C=O) groups is 1. The third-order valence-corrected chi connectivity index (χ3v) is 4.53. The van der Waals surface area contributed by atoms with Gasteiger partial charge in [-0.3, -0.25) is 4.79 Å². The summed E-state index contributed by atoms with van der Waals surface area (Å²) >= 11 is 2.79. The molecule has 0 aromatic heterocycles. The van der Waals surface area contributed by atoms with Crippen LogP contribution in [0.15, 0.2) is 34.8 Å². The standard InChI is InChI=1S/C16H18N2O3S2/c1-20-12-6-5-10(7-13(12)21-2)14(22-3)8-15(23-4)11(9-17)16(18)19/h5-8H,1-4H3,(H2,18,19)/b14-8+,15-11-. The first-order valence-corrected chi connectivity index (χ1v) is 8.93. The summed E-state index contributed by atoms with van der Waals surface area (Å²) in [5.41, 5.74) is 6.10. The molecule has 0 bridgehead atoms. The van der Waals surface area contributed by atoms with Crippen molar-refractivity contribution in [1.29, 1.82) is 5.26 Å². The van der Waals surface area contributed by atoms with Gasteiger partial charge < -0.3 is 15.2 Å². The van der Waals surface area contributed by atoms with Crippen LogP contribution in [0, 0.1) is 11.3 Å². The molecule has 1 amide bonds. The van der Waals surface area contributed by atoms with Crippen LogP contribution in [0.3, 0.4) is 0 Å². The van der Waals surface area contributed by atoms with Crippen molar-refractivity contribution in [2.75, 3.05) is 26.7 Å². The van der Waals surface area contributed by atoms with E-state index >= 15 is 0 Å². The Labute approximate surface area is 144 Å². The van der Waals surface area contributed by atoms with Crippen LogP contribution in [0.25, 0.3) is 4.91 Å². The first-order valence-electron chi connectivity index (χ1n) is 6.48. The number of benzene rings is 1. The second-order valence-corrected chi connectivity index (χ2v) is 5.90. The number of amides is 1. The molecule has 23 heavy (non-hydrogen) atoms. The van der Waals surface area contributed by atoms with E-state index in [2.05, 4.69) is 0 Å². The Kier molecular flexibility index (Phi) is 7.59. The highest BCUT2D eigenvalue weighted by atomic mass is 32.2. The summed E-state index contributed by atoms with van der Waals surface area (Å²) in [5.74, 6) is 0.503. The van der Waals surface area contributed by atoms with Gasteiger partial charge in [0.25, 0.3) is 5.91 Å². The molecule has 5 nitrogen and oxygen atoms in total. The molecule has 2 N–H and O–H groups in total. The smallest absolute Gasteiger partial charge is 0.260 e. The van der Waals surface area contributed by atoms with Crippen LogP contribution >= 0.6 is 23.5 Å². The van der Waals surface area contributed by atoms with Crippen LogP contribution in [0.1, 0.15) is 5.56 Å². The SMILES string of the molecule is COc1ccc(/C(=C\C(SC)=C(/C#N)C(N)=O)SC)cc1OC. The molecule has 7 heteroatoms. The van der Waals surface area contributed by atoms with Crippen molar-refractivity contribution >= 4 is 34.3 Å². The molecular formula is C16H18N2O3S2. The van der Waals surface area contributed by atoms with E-state index < -0.39 is 5.91 Å². The van der Waals surface area contributed by atoms with Crippen LogP contribution < -0.4 is 15.2 Å². The first-order chi connectivity index (χ1) is 11.0. The summed E-state index contributed by atoms with van der Waals surface area (Å²) in [5, 5.41) is 9.11. The van der Waals surface area contributed by atoms with Gasteiger partial charge in [0.1, 0.15) is 11.6 Å². The van der Waals surface area contributed by atoms with Gasteiger partial charge >= 0.3 is 0 Å². The van der Waals surface area contributed by atoms with E-state index in [4.69, 9.17) is 20.5 Å². The fourth-order valence-electron chi connectivity index (χ4n) is 1.83. The van der Waals surface area contributed by atoms with Crippen molar-refractivity contribution in [1.82, 2.24) is 0 Å². The highest BCUT2D eigenvalue weighted by Crippen LogP contribution is 2.35. The van der Waals surface area contributed by atoms with Gasteiger partial charge in [0.15, 0.2) is 11.5 Å². The molecule has 0 fully saturated rings. The second-order valence-electron chi connectivity index (χ2n) is 4.20. The fraction of sp³-hybridized carbons (Fsp3) is 0.250. The summed E-state index contributed by atoms with van der Waals surface area (Å²) < 4.78 is 10.5. The summed E-state index contributed by atoms with van der Waals surface area (Å²) in [6, 6.07) is 7.40. The lowest BCUT2D eigenvalue weighted by atomic mass is 10.1. The molecule has 0 spiro atoms. The minimum atomic E-state index is -0.735. The molecule has 0 radical (unpaired) electrons. The van der Waals surface area contributed by atoms with Gasteiger partial charge in [0.2, 0.25) is 0 Å². The molecule has 0 atom stereocenters. The number of thioether (sulfide) groups is 2. The van der Waals surface area contributed by atoms with Gasteiger partial charge in [0.05, 0.1) is 14.2 Å². The highest BCUT2D eigenvalue weighted by molar-refractivity contribution is 8.07. The average Bonchev–Trinajstić information content (AvgIpc) is 2.57. The van der Waals surface area contributed by atoms with Gasteiger partial charge in [-0.1, -0.05) is 0 Å². The van der Waals surface area contributed by atoms with Gasteiger partial charge in [-0.15, -0.1) is 23.5 Å². The quantitative estimate of drug-likeness (QED) is 0.462. The van der Waals surface area contributed by atoms with Crippen molar-refractivity contribution in [3.05, 3.63) is 40.3 Å². The normalized spacial score (nSPS) is 12.2. The first kappa shape index (κ1) is 19.0. The van der Waals surface area contributed by atoms with Crippen molar-refractivity contribution < 1.29 is 14.3 Å². The predicted molar refractivity (Wildman–Crippen MR) is 96.4 cm³/mol. The Morgan fingerprint density at radius 1 is 1.22 bits per heavy atom. The van der Waals surface area contributed by atoms with Crippen molar-refractivity contribution in [3.63, 3.8) is 0 Å². The number of rotatable bonds is 7. The molecular weight excluding hydrogens is 332 g/mol. The molecule has 122 valence electrons. The fourth-order valence-corrected chi connectivity index (χ4v) is 3.09. The Morgan fingerprint density at radius 2 is 1.87 bits per heavy atom. The molecule has 0 saturated carbocycles. The third kappa shape index (κ3) is 4.71. The Hall–Kier alpha value is -2.04. The third-order valence-electron chi connectivity index (χ3n) is 2.97. The average molecular weight is 350 g/mol. The number of nitriles is 1. The van der Waals surface area contributed by atoms with Crippen molar-refractivity contribution in [2.45, 2.75) is 0 Å². The van der Waals surface area contributed by atoms with Gasteiger partial charge in [-0.05, 0) is 42.4 Å². The molecule has 0 heterocycles. The van der Waals surface area contributed by atoms with Crippen LogP contribution in [-0.2, 0) is 4.79 Å². The van der Waals surface area contributed by atoms with E-state index in [-0.39, 0.29) is 5.57 Å². The molecule has 0 saturated heterocycles. The number of carbonyl (C=O) groups excluding carboxylic acids is 1. The zero-order valence-corrected chi connectivity index (χ0v) is 15.0. The Balaban J connectivity index is 3.43. The van der Waals surface area contributed by atoms with Crippen LogP contribution in [0.5, 0.6) is 11.5 Å². The van der Waals surface area contributed by atoms with Gasteiger partial charge in [-0.2, -0.15) is 5.26 Å². The largest absolute Gasteiger partial charge is 0.493 e. The second kappa shape index (κ2) is 9.18. The highest BCUT2D eigenvalue weighted by Gasteiger charge is 2.13. The molecule has 0 aliphatic heterocycles. The topological polar surface area (TPSA) is 85.3 Å². The van der Waals surface area contributed by atoms with Crippen LogP contribution in [-0.4, -0.2) is 32.6 Å². The maximum absolute atomic E-state index is 11.4. The van der Waals surface area contributed by atoms with E-state index in [1.54, 1.807) is 32.6 Å². The van der Waals surface area contributed by atoms with E-state index in [1.165, 1.54) is 23.5 Å². The summed E-state index contributed by atoms with van der Waals surface area (Å²) in [4.78, 5) is 12.8. The maximum Gasteiger partial charge on any atom is 0.260 e. The predicted octanol–water partition coefficient (Wildman–Crippen LogP) is 3.03. The molecule has 0 aliphatic carbocycles. The van der Waals surface area contributed by atoms with E-state index in [1.807, 2.05) is 24.5 Å². The van der Waals surface area contributed by atoms with Crippen molar-refractivity contribution in [2.24, 2.45) is 5.73 Å². The minimum absolute atomic E-state index is 0.0514. The number of primary amides is 1. The van der Waals surface area contributed by atoms with Crippen LogP contribution in [0.2, 0.25) is 0 Å². The molecule has 0 aliphatic rings. The lowest BCUT2D eigenvalue weighted by Gasteiger charge is -2.11. The van der Waals surface area contributed by atoms with Crippen LogP contribution in [0.4, 0.5) is 0 Å².